The van der Waals surface area contributed by atoms with Crippen LogP contribution in [0.15, 0.2) is 73.3 Å². The molecule has 34 heavy (non-hydrogen) atoms. The maximum Gasteiger partial charge on any atom is 0.269 e. The zero-order valence-corrected chi connectivity index (χ0v) is 18.7. The zero-order valence-electron chi connectivity index (χ0n) is 18.7. The predicted octanol–water partition coefficient (Wildman–Crippen LogP) is 6.50. The summed E-state index contributed by atoms with van der Waals surface area (Å²) in [7, 11) is 0. The van der Waals surface area contributed by atoms with Crippen LogP contribution in [0.1, 0.15) is 29.2 Å². The highest BCUT2D eigenvalue weighted by Crippen LogP contribution is 2.36. The molecule has 3 aromatic carbocycles. The second-order valence-electron chi connectivity index (χ2n) is 7.30. The molecule has 0 saturated heterocycles. The summed E-state index contributed by atoms with van der Waals surface area (Å²) in [5.74, 6) is 0.447. The summed E-state index contributed by atoms with van der Waals surface area (Å²) in [4.78, 5) is 10.6. The third-order valence-electron chi connectivity index (χ3n) is 4.92. The summed E-state index contributed by atoms with van der Waals surface area (Å²) in [6, 6.07) is 17.9. The molecule has 0 radical (unpaired) electrons. The number of benzene rings is 3. The summed E-state index contributed by atoms with van der Waals surface area (Å²) in [5.41, 5.74) is 2.40. The molecule has 3 rings (SSSR count). The van der Waals surface area contributed by atoms with E-state index >= 15 is 0 Å². The van der Waals surface area contributed by atoms with E-state index in [4.69, 9.17) is 9.47 Å². The van der Waals surface area contributed by atoms with Crippen LogP contribution < -0.4 is 9.47 Å². The van der Waals surface area contributed by atoms with E-state index < -0.39 is 10.7 Å². The number of nitriles is 1. The maximum atomic E-state index is 14.2. The van der Waals surface area contributed by atoms with Crippen molar-refractivity contribution in [2.75, 3.05) is 6.61 Å². The molecule has 0 heterocycles. The molecule has 0 aliphatic carbocycles. The van der Waals surface area contributed by atoms with Crippen LogP contribution >= 0.6 is 0 Å². The lowest BCUT2D eigenvalue weighted by molar-refractivity contribution is -0.384. The number of nitro benzene ring substituents is 1. The first-order valence-corrected chi connectivity index (χ1v) is 10.6. The zero-order chi connectivity index (χ0) is 24.5. The Balaban J connectivity index is 2.01. The van der Waals surface area contributed by atoms with Gasteiger partial charge in [0.25, 0.3) is 5.69 Å². The van der Waals surface area contributed by atoms with Gasteiger partial charge in [-0.15, -0.1) is 6.58 Å². The fourth-order valence-electron chi connectivity index (χ4n) is 3.43. The number of non-ortho nitro benzene ring substituents is 1. The van der Waals surface area contributed by atoms with Crippen LogP contribution in [0.5, 0.6) is 11.5 Å². The van der Waals surface area contributed by atoms with Gasteiger partial charge >= 0.3 is 0 Å². The van der Waals surface area contributed by atoms with Crippen molar-refractivity contribution in [1.82, 2.24) is 0 Å². The molecule has 0 atom stereocenters. The van der Waals surface area contributed by atoms with Crippen molar-refractivity contribution < 1.29 is 18.8 Å². The topological polar surface area (TPSA) is 85.4 Å². The lowest BCUT2D eigenvalue weighted by Gasteiger charge is -2.17. The van der Waals surface area contributed by atoms with Gasteiger partial charge in [-0.05, 0) is 48.7 Å². The number of hydrogen-bond acceptors (Lipinski definition) is 5. The summed E-state index contributed by atoms with van der Waals surface area (Å²) < 4.78 is 26.1. The number of hydrogen-bond donors (Lipinski definition) is 0. The van der Waals surface area contributed by atoms with Crippen molar-refractivity contribution in [3.63, 3.8) is 0 Å². The van der Waals surface area contributed by atoms with Gasteiger partial charge in [0.15, 0.2) is 11.5 Å². The van der Waals surface area contributed by atoms with Crippen LogP contribution in [0.4, 0.5) is 10.1 Å². The SMILES string of the molecule is C=CCc1cc(/C=C(/C#N)c2ccccc2F)cc(OCC)c1OCc1cccc([N+](=O)[O-])c1. The Kier molecular flexibility index (Phi) is 8.14. The largest absolute Gasteiger partial charge is 0.490 e. The van der Waals surface area contributed by atoms with Crippen molar-refractivity contribution in [2.45, 2.75) is 20.0 Å². The fourth-order valence-corrected chi connectivity index (χ4v) is 3.43. The molecule has 0 unspecified atom stereocenters. The molecular weight excluding hydrogens is 435 g/mol. The van der Waals surface area contributed by atoms with Crippen molar-refractivity contribution in [1.29, 1.82) is 5.26 Å². The van der Waals surface area contributed by atoms with Gasteiger partial charge < -0.3 is 9.47 Å². The first-order valence-electron chi connectivity index (χ1n) is 10.6. The summed E-state index contributed by atoms with van der Waals surface area (Å²) >= 11 is 0. The van der Waals surface area contributed by atoms with Crippen LogP contribution in [0.25, 0.3) is 11.6 Å². The Morgan fingerprint density at radius 1 is 1.18 bits per heavy atom. The van der Waals surface area contributed by atoms with Crippen LogP contribution in [0.2, 0.25) is 0 Å². The van der Waals surface area contributed by atoms with Gasteiger partial charge in [0, 0.05) is 23.3 Å². The first-order chi connectivity index (χ1) is 16.5. The van der Waals surface area contributed by atoms with E-state index in [-0.39, 0.29) is 23.4 Å². The van der Waals surface area contributed by atoms with Gasteiger partial charge in [-0.25, -0.2) is 4.39 Å². The molecule has 7 heteroatoms. The van der Waals surface area contributed by atoms with Crippen LogP contribution in [-0.4, -0.2) is 11.5 Å². The second kappa shape index (κ2) is 11.4. The molecule has 0 N–H and O–H groups in total. The molecule has 0 aliphatic heterocycles. The monoisotopic (exact) mass is 458 g/mol. The van der Waals surface area contributed by atoms with Crippen molar-refractivity contribution >= 4 is 17.3 Å². The minimum atomic E-state index is -0.483. The first kappa shape index (κ1) is 24.2. The van der Waals surface area contributed by atoms with E-state index in [2.05, 4.69) is 12.6 Å². The molecule has 0 bridgehead atoms. The maximum absolute atomic E-state index is 14.2. The minimum Gasteiger partial charge on any atom is -0.490 e. The molecule has 0 fully saturated rings. The van der Waals surface area contributed by atoms with Crippen molar-refractivity contribution in [3.05, 3.63) is 112 Å². The average Bonchev–Trinajstić information content (AvgIpc) is 2.83. The standard InChI is InChI=1S/C27H23FN2O4/c1-3-8-21-13-20(14-22(17-29)24-11-5-6-12-25(24)28)16-26(33-4-2)27(21)34-18-19-9-7-10-23(15-19)30(31)32/h3,5-7,9-16H,1,4,8,18H2,2H3/b22-14-. The molecule has 3 aromatic rings. The van der Waals surface area contributed by atoms with Gasteiger partial charge in [0.1, 0.15) is 12.4 Å². The normalized spacial score (nSPS) is 10.9. The Labute approximate surface area is 197 Å². The van der Waals surface area contributed by atoms with E-state index in [1.807, 2.05) is 13.0 Å². The number of nitrogens with zero attached hydrogens (tertiary/aromatic N) is 2. The molecule has 0 amide bonds. The molecule has 0 aromatic heterocycles. The number of allylic oxidation sites excluding steroid dienone is 2. The van der Waals surface area contributed by atoms with E-state index in [0.29, 0.717) is 35.7 Å². The van der Waals surface area contributed by atoms with Crippen LogP contribution in [0, 0.1) is 27.3 Å². The molecule has 0 aliphatic rings. The lowest BCUT2D eigenvalue weighted by atomic mass is 10.0. The number of nitro groups is 1. The van der Waals surface area contributed by atoms with E-state index in [0.717, 1.165) is 5.56 Å². The van der Waals surface area contributed by atoms with Gasteiger partial charge in [-0.1, -0.05) is 36.4 Å². The van der Waals surface area contributed by atoms with E-state index in [1.165, 1.54) is 18.2 Å². The molecular formula is C27H23FN2O4. The Morgan fingerprint density at radius 2 is 1.97 bits per heavy atom. The van der Waals surface area contributed by atoms with E-state index in [9.17, 15) is 19.8 Å². The van der Waals surface area contributed by atoms with Gasteiger partial charge in [-0.3, -0.25) is 10.1 Å². The summed E-state index contributed by atoms with van der Waals surface area (Å²) in [6.45, 7) is 6.10. The molecule has 6 nitrogen and oxygen atoms in total. The van der Waals surface area contributed by atoms with Crippen LogP contribution in [-0.2, 0) is 13.0 Å². The number of ether oxygens (including phenoxy) is 2. The average molecular weight is 458 g/mol. The Bertz CT molecular complexity index is 1280. The number of rotatable bonds is 10. The second-order valence-corrected chi connectivity index (χ2v) is 7.30. The Morgan fingerprint density at radius 3 is 2.65 bits per heavy atom. The molecule has 172 valence electrons. The number of halogens is 1. The van der Waals surface area contributed by atoms with Crippen molar-refractivity contribution in [3.8, 4) is 17.6 Å². The third kappa shape index (κ3) is 5.87. The predicted molar refractivity (Wildman–Crippen MR) is 129 cm³/mol. The highest BCUT2D eigenvalue weighted by molar-refractivity contribution is 5.90. The highest BCUT2D eigenvalue weighted by atomic mass is 19.1. The minimum absolute atomic E-state index is 0.0184. The third-order valence-corrected chi connectivity index (χ3v) is 4.92. The smallest absolute Gasteiger partial charge is 0.269 e. The lowest BCUT2D eigenvalue weighted by Crippen LogP contribution is -2.04. The van der Waals surface area contributed by atoms with Gasteiger partial charge in [0.2, 0.25) is 0 Å². The summed E-state index contributed by atoms with van der Waals surface area (Å²) in [5, 5.41) is 20.7. The van der Waals surface area contributed by atoms with Crippen LogP contribution in [0.3, 0.4) is 0 Å². The van der Waals surface area contributed by atoms with Gasteiger partial charge in [0.05, 0.1) is 23.2 Å². The quantitative estimate of drug-likeness (QED) is 0.114. The fraction of sp³-hybridized carbons (Fsp3) is 0.148. The highest BCUT2D eigenvalue weighted by Gasteiger charge is 2.15. The molecule has 0 saturated carbocycles. The van der Waals surface area contributed by atoms with Crippen molar-refractivity contribution in [2.24, 2.45) is 0 Å². The van der Waals surface area contributed by atoms with E-state index in [1.54, 1.807) is 48.6 Å². The summed E-state index contributed by atoms with van der Waals surface area (Å²) in [6.07, 6.45) is 3.76. The van der Waals surface area contributed by atoms with Gasteiger partial charge in [-0.2, -0.15) is 5.26 Å². The Hall–Kier alpha value is -4.44. The molecule has 0 spiro atoms.